The van der Waals surface area contributed by atoms with E-state index in [4.69, 9.17) is 4.74 Å². The molecule has 1 unspecified atom stereocenters. The van der Waals surface area contributed by atoms with Gasteiger partial charge in [0.25, 0.3) is 0 Å². The van der Waals surface area contributed by atoms with Gasteiger partial charge in [0.2, 0.25) is 0 Å². The Bertz CT molecular complexity index is 267. The zero-order chi connectivity index (χ0) is 9.80. The van der Waals surface area contributed by atoms with E-state index in [0.717, 1.165) is 6.61 Å². The molecule has 0 saturated carbocycles. The standard InChI is InChI=1S/C12H17NO/c1-13-12(11-8-5-9-14-11)10-6-3-2-4-7-10/h2-4,6-7,11-13H,5,8-9H2,1H3/t11-,12?/m0/s1. The van der Waals surface area contributed by atoms with Gasteiger partial charge in [-0.25, -0.2) is 0 Å². The van der Waals surface area contributed by atoms with Crippen molar-refractivity contribution in [3.63, 3.8) is 0 Å². The molecule has 76 valence electrons. The van der Waals surface area contributed by atoms with Gasteiger partial charge in [-0.05, 0) is 25.5 Å². The molecule has 2 heteroatoms. The highest BCUT2D eigenvalue weighted by Crippen LogP contribution is 2.26. The van der Waals surface area contributed by atoms with E-state index >= 15 is 0 Å². The van der Waals surface area contributed by atoms with Crippen LogP contribution in [0.5, 0.6) is 0 Å². The van der Waals surface area contributed by atoms with Crippen molar-refractivity contribution < 1.29 is 4.74 Å². The molecule has 14 heavy (non-hydrogen) atoms. The van der Waals surface area contributed by atoms with Gasteiger partial charge in [-0.3, -0.25) is 0 Å². The van der Waals surface area contributed by atoms with Gasteiger partial charge in [-0.15, -0.1) is 0 Å². The molecule has 0 radical (unpaired) electrons. The van der Waals surface area contributed by atoms with Gasteiger partial charge in [0.15, 0.2) is 0 Å². The summed E-state index contributed by atoms with van der Waals surface area (Å²) in [6, 6.07) is 10.9. The summed E-state index contributed by atoms with van der Waals surface area (Å²) >= 11 is 0. The fraction of sp³-hybridized carbons (Fsp3) is 0.500. The molecule has 1 aromatic rings. The summed E-state index contributed by atoms with van der Waals surface area (Å²) in [5.41, 5.74) is 1.32. The zero-order valence-electron chi connectivity index (χ0n) is 8.57. The van der Waals surface area contributed by atoms with Crippen LogP contribution in [0, 0.1) is 0 Å². The second-order valence-electron chi connectivity index (χ2n) is 3.73. The monoisotopic (exact) mass is 191 g/mol. The van der Waals surface area contributed by atoms with Crippen LogP contribution in [0.25, 0.3) is 0 Å². The third-order valence-corrected chi connectivity index (χ3v) is 2.81. The lowest BCUT2D eigenvalue weighted by Gasteiger charge is -2.22. The smallest absolute Gasteiger partial charge is 0.0770 e. The predicted molar refractivity (Wildman–Crippen MR) is 57.2 cm³/mol. The molecule has 1 fully saturated rings. The van der Waals surface area contributed by atoms with Crippen LogP contribution >= 0.6 is 0 Å². The number of benzene rings is 1. The van der Waals surface area contributed by atoms with E-state index in [1.165, 1.54) is 18.4 Å². The number of ether oxygens (including phenoxy) is 1. The lowest BCUT2D eigenvalue weighted by molar-refractivity contribution is 0.0808. The Morgan fingerprint density at radius 1 is 1.36 bits per heavy atom. The van der Waals surface area contributed by atoms with E-state index in [1.807, 2.05) is 13.1 Å². The van der Waals surface area contributed by atoms with E-state index in [2.05, 4.69) is 29.6 Å². The molecule has 1 aromatic carbocycles. The summed E-state index contributed by atoms with van der Waals surface area (Å²) in [6.45, 7) is 0.912. The van der Waals surface area contributed by atoms with E-state index in [0.29, 0.717) is 12.1 Å². The minimum absolute atomic E-state index is 0.346. The summed E-state index contributed by atoms with van der Waals surface area (Å²) in [5.74, 6) is 0. The van der Waals surface area contributed by atoms with Crippen molar-refractivity contribution in [2.75, 3.05) is 13.7 Å². The van der Waals surface area contributed by atoms with Gasteiger partial charge in [0, 0.05) is 6.61 Å². The quantitative estimate of drug-likeness (QED) is 0.790. The molecule has 2 rings (SSSR count). The number of hydrogen-bond acceptors (Lipinski definition) is 2. The molecule has 1 heterocycles. The van der Waals surface area contributed by atoms with Crippen LogP contribution < -0.4 is 5.32 Å². The van der Waals surface area contributed by atoms with E-state index < -0.39 is 0 Å². The average molecular weight is 191 g/mol. The van der Waals surface area contributed by atoms with E-state index in [-0.39, 0.29) is 0 Å². The Hall–Kier alpha value is -0.860. The molecule has 1 aliphatic rings. The fourth-order valence-corrected chi connectivity index (χ4v) is 2.09. The van der Waals surface area contributed by atoms with Crippen LogP contribution in [0.2, 0.25) is 0 Å². The second-order valence-corrected chi connectivity index (χ2v) is 3.73. The van der Waals surface area contributed by atoms with Crippen LogP contribution in [-0.2, 0) is 4.74 Å². The number of hydrogen-bond donors (Lipinski definition) is 1. The molecule has 1 saturated heterocycles. The molecule has 1 N–H and O–H groups in total. The minimum atomic E-state index is 0.346. The van der Waals surface area contributed by atoms with Gasteiger partial charge in [-0.1, -0.05) is 30.3 Å². The van der Waals surface area contributed by atoms with Crippen molar-refractivity contribution in [1.29, 1.82) is 0 Å². The molecule has 2 nitrogen and oxygen atoms in total. The minimum Gasteiger partial charge on any atom is -0.376 e. The molecule has 0 amide bonds. The van der Waals surface area contributed by atoms with Crippen molar-refractivity contribution in [3.05, 3.63) is 35.9 Å². The van der Waals surface area contributed by atoms with Crippen LogP contribution in [0.3, 0.4) is 0 Å². The van der Waals surface area contributed by atoms with Crippen molar-refractivity contribution in [2.45, 2.75) is 25.0 Å². The van der Waals surface area contributed by atoms with Gasteiger partial charge in [-0.2, -0.15) is 0 Å². The largest absolute Gasteiger partial charge is 0.376 e. The summed E-state index contributed by atoms with van der Waals surface area (Å²) < 4.78 is 5.70. The summed E-state index contributed by atoms with van der Waals surface area (Å²) in [5, 5.41) is 3.34. The van der Waals surface area contributed by atoms with Crippen molar-refractivity contribution in [3.8, 4) is 0 Å². The molecule has 0 aliphatic carbocycles. The van der Waals surface area contributed by atoms with Crippen molar-refractivity contribution >= 4 is 0 Å². The van der Waals surface area contributed by atoms with Gasteiger partial charge >= 0.3 is 0 Å². The lowest BCUT2D eigenvalue weighted by atomic mass is 10.00. The second kappa shape index (κ2) is 4.58. The van der Waals surface area contributed by atoms with Gasteiger partial charge < -0.3 is 10.1 Å². The molecule has 2 atom stereocenters. The number of rotatable bonds is 3. The van der Waals surface area contributed by atoms with Crippen LogP contribution in [-0.4, -0.2) is 19.8 Å². The molecule has 0 aromatic heterocycles. The first-order valence-corrected chi connectivity index (χ1v) is 5.25. The van der Waals surface area contributed by atoms with E-state index in [1.54, 1.807) is 0 Å². The Morgan fingerprint density at radius 3 is 2.71 bits per heavy atom. The van der Waals surface area contributed by atoms with Gasteiger partial charge in [0.05, 0.1) is 12.1 Å². The topological polar surface area (TPSA) is 21.3 Å². The molecular weight excluding hydrogens is 174 g/mol. The number of likely N-dealkylation sites (N-methyl/N-ethyl adjacent to an activating group) is 1. The normalized spacial score (nSPS) is 23.6. The summed E-state index contributed by atoms with van der Waals surface area (Å²) in [4.78, 5) is 0. The Labute approximate surface area is 85.3 Å². The lowest BCUT2D eigenvalue weighted by Crippen LogP contribution is -2.28. The first-order chi connectivity index (χ1) is 6.92. The number of nitrogens with one attached hydrogen (secondary N) is 1. The summed E-state index contributed by atoms with van der Waals surface area (Å²) in [7, 11) is 2.00. The Balaban J connectivity index is 2.12. The molecular formula is C12H17NO. The average Bonchev–Trinajstić information content (AvgIpc) is 2.74. The third kappa shape index (κ3) is 1.97. The maximum Gasteiger partial charge on any atom is 0.0770 e. The third-order valence-electron chi connectivity index (χ3n) is 2.81. The van der Waals surface area contributed by atoms with Crippen molar-refractivity contribution in [1.82, 2.24) is 5.32 Å². The maximum atomic E-state index is 5.70. The van der Waals surface area contributed by atoms with E-state index in [9.17, 15) is 0 Å². The fourth-order valence-electron chi connectivity index (χ4n) is 2.09. The molecule has 1 aliphatic heterocycles. The zero-order valence-corrected chi connectivity index (χ0v) is 8.57. The Kier molecular flexibility index (Phi) is 3.17. The maximum absolute atomic E-state index is 5.70. The highest BCUT2D eigenvalue weighted by Gasteiger charge is 2.25. The Morgan fingerprint density at radius 2 is 2.14 bits per heavy atom. The van der Waals surface area contributed by atoms with Gasteiger partial charge in [0.1, 0.15) is 0 Å². The van der Waals surface area contributed by atoms with Crippen LogP contribution in [0.4, 0.5) is 0 Å². The first kappa shape index (κ1) is 9.69. The van der Waals surface area contributed by atoms with Crippen molar-refractivity contribution in [2.24, 2.45) is 0 Å². The van der Waals surface area contributed by atoms with Crippen LogP contribution in [0.1, 0.15) is 24.4 Å². The first-order valence-electron chi connectivity index (χ1n) is 5.25. The predicted octanol–water partition coefficient (Wildman–Crippen LogP) is 2.13. The summed E-state index contributed by atoms with van der Waals surface area (Å²) in [6.07, 6.45) is 2.71. The SMILES string of the molecule is CNC(c1ccccc1)[C@@H]1CCCO1. The van der Waals surface area contributed by atoms with Crippen LogP contribution in [0.15, 0.2) is 30.3 Å². The highest BCUT2D eigenvalue weighted by atomic mass is 16.5. The molecule has 0 bridgehead atoms. The molecule has 0 spiro atoms. The highest BCUT2D eigenvalue weighted by molar-refractivity contribution is 5.20.